The van der Waals surface area contributed by atoms with Crippen molar-refractivity contribution in [2.45, 2.75) is 19.9 Å². The Kier molecular flexibility index (Phi) is 4.86. The summed E-state index contributed by atoms with van der Waals surface area (Å²) in [5.41, 5.74) is 1.79. The molecule has 0 bridgehead atoms. The zero-order chi connectivity index (χ0) is 23.4. The first kappa shape index (κ1) is 21.0. The molecule has 0 N–H and O–H groups in total. The van der Waals surface area contributed by atoms with Crippen LogP contribution in [0, 0.1) is 19.7 Å². The Labute approximate surface area is 191 Å². The van der Waals surface area contributed by atoms with Crippen LogP contribution in [0.5, 0.6) is 0 Å². The molecule has 0 saturated carbocycles. The summed E-state index contributed by atoms with van der Waals surface area (Å²) in [7, 11) is 1.26. The van der Waals surface area contributed by atoms with E-state index in [-0.39, 0.29) is 32.3 Å². The van der Waals surface area contributed by atoms with Gasteiger partial charge in [0, 0.05) is 0 Å². The van der Waals surface area contributed by atoms with Gasteiger partial charge in [0.1, 0.15) is 16.3 Å². The Bertz CT molecular complexity index is 1510. The largest absolute Gasteiger partial charge is 0.465 e. The van der Waals surface area contributed by atoms with E-state index in [1.165, 1.54) is 24.1 Å². The summed E-state index contributed by atoms with van der Waals surface area (Å²) in [5.74, 6) is -1.84. The van der Waals surface area contributed by atoms with Crippen molar-refractivity contribution in [3.8, 4) is 0 Å². The van der Waals surface area contributed by atoms with Crippen molar-refractivity contribution in [3.63, 3.8) is 0 Å². The highest BCUT2D eigenvalue weighted by Gasteiger charge is 2.45. The van der Waals surface area contributed by atoms with Crippen LogP contribution < -0.4 is 10.3 Å². The number of benzene rings is 2. The van der Waals surface area contributed by atoms with Crippen molar-refractivity contribution in [2.24, 2.45) is 0 Å². The van der Waals surface area contributed by atoms with Gasteiger partial charge in [0.05, 0.1) is 29.8 Å². The lowest BCUT2D eigenvalue weighted by Gasteiger charge is -2.22. The summed E-state index contributed by atoms with van der Waals surface area (Å²) >= 11 is 0.994. The molecule has 9 heteroatoms. The van der Waals surface area contributed by atoms with E-state index < -0.39 is 29.2 Å². The van der Waals surface area contributed by atoms with Crippen LogP contribution in [0.4, 0.5) is 9.52 Å². The lowest BCUT2D eigenvalue weighted by Crippen LogP contribution is -2.29. The molecule has 166 valence electrons. The minimum absolute atomic E-state index is 0.0473. The number of fused-ring (bicyclic) bond motifs is 2. The Morgan fingerprint density at radius 2 is 1.88 bits per heavy atom. The average Bonchev–Trinajstić information content (AvgIpc) is 3.32. The van der Waals surface area contributed by atoms with Gasteiger partial charge in [-0.25, -0.2) is 14.2 Å². The van der Waals surface area contributed by atoms with Crippen molar-refractivity contribution in [1.82, 2.24) is 4.98 Å². The molecule has 4 aromatic rings. The summed E-state index contributed by atoms with van der Waals surface area (Å²) in [6.07, 6.45) is 0. The Morgan fingerprint density at radius 1 is 1.15 bits per heavy atom. The normalized spacial score (nSPS) is 15.2. The maximum Gasteiger partial charge on any atom is 0.350 e. The SMILES string of the molecule is COC(=O)c1sc(N2C(=O)c3oc4ccc(F)cc4c(=O)c3[C@H]2c2ccc(C)cc2)nc1C. The summed E-state index contributed by atoms with van der Waals surface area (Å²) < 4.78 is 24.5. The molecule has 0 fully saturated rings. The van der Waals surface area contributed by atoms with Crippen LogP contribution in [0.15, 0.2) is 51.7 Å². The Hall–Kier alpha value is -3.85. The summed E-state index contributed by atoms with van der Waals surface area (Å²) in [4.78, 5) is 45.2. The minimum Gasteiger partial charge on any atom is -0.465 e. The molecule has 0 aliphatic carbocycles. The van der Waals surface area contributed by atoms with Gasteiger partial charge in [0.2, 0.25) is 5.76 Å². The van der Waals surface area contributed by atoms with Gasteiger partial charge in [0.25, 0.3) is 5.91 Å². The number of aryl methyl sites for hydroxylation is 2. The van der Waals surface area contributed by atoms with E-state index in [1.54, 1.807) is 6.92 Å². The third kappa shape index (κ3) is 3.23. The summed E-state index contributed by atoms with van der Waals surface area (Å²) in [6.45, 7) is 3.56. The second-order valence-corrected chi connectivity index (χ2v) is 8.68. The van der Waals surface area contributed by atoms with Gasteiger partial charge in [-0.05, 0) is 37.6 Å². The van der Waals surface area contributed by atoms with Crippen LogP contribution in [-0.4, -0.2) is 24.0 Å². The third-order valence-corrected chi connectivity index (χ3v) is 6.72. The number of carbonyl (C=O) groups excluding carboxylic acids is 2. The fourth-order valence-corrected chi connectivity index (χ4v) is 4.99. The molecule has 3 heterocycles. The molecule has 0 unspecified atom stereocenters. The Morgan fingerprint density at radius 3 is 2.58 bits per heavy atom. The van der Waals surface area contributed by atoms with Crippen molar-refractivity contribution in [3.05, 3.63) is 91.5 Å². The number of rotatable bonds is 3. The number of carbonyl (C=O) groups is 2. The van der Waals surface area contributed by atoms with E-state index in [4.69, 9.17) is 9.15 Å². The molecule has 5 rings (SSSR count). The van der Waals surface area contributed by atoms with Crippen LogP contribution >= 0.6 is 11.3 Å². The number of methoxy groups -OCH3 is 1. The zero-order valence-electron chi connectivity index (χ0n) is 17.8. The van der Waals surface area contributed by atoms with Gasteiger partial charge in [-0.2, -0.15) is 0 Å². The van der Waals surface area contributed by atoms with E-state index in [1.807, 2.05) is 31.2 Å². The predicted molar refractivity (Wildman–Crippen MR) is 120 cm³/mol. The van der Waals surface area contributed by atoms with Crippen LogP contribution in [0.25, 0.3) is 11.0 Å². The maximum absolute atomic E-state index is 13.9. The van der Waals surface area contributed by atoms with E-state index in [0.717, 1.165) is 23.0 Å². The van der Waals surface area contributed by atoms with Crippen LogP contribution in [0.2, 0.25) is 0 Å². The average molecular weight is 464 g/mol. The molecule has 33 heavy (non-hydrogen) atoms. The van der Waals surface area contributed by atoms with Gasteiger partial charge in [-0.1, -0.05) is 41.2 Å². The molecule has 1 amide bonds. The van der Waals surface area contributed by atoms with Gasteiger partial charge >= 0.3 is 5.97 Å². The number of amides is 1. The monoisotopic (exact) mass is 464 g/mol. The smallest absolute Gasteiger partial charge is 0.350 e. The second-order valence-electron chi connectivity index (χ2n) is 7.71. The highest BCUT2D eigenvalue weighted by molar-refractivity contribution is 7.17. The number of hydrogen-bond acceptors (Lipinski definition) is 7. The lowest BCUT2D eigenvalue weighted by molar-refractivity contribution is 0.0605. The second kappa shape index (κ2) is 7.63. The molecule has 2 aromatic carbocycles. The number of thiazole rings is 1. The molecule has 0 radical (unpaired) electrons. The van der Waals surface area contributed by atoms with E-state index >= 15 is 0 Å². The number of esters is 1. The maximum atomic E-state index is 13.9. The minimum atomic E-state index is -0.854. The van der Waals surface area contributed by atoms with Crippen LogP contribution in [0.1, 0.15) is 48.7 Å². The molecular formula is C24H17FN2O5S. The molecule has 1 aliphatic heterocycles. The standard InChI is InChI=1S/C24H17FN2O5S/c1-11-4-6-13(7-5-11)18-17-19(28)15-10-14(25)8-9-16(15)32-20(17)22(29)27(18)24-26-12(2)21(33-24)23(30)31-3/h4-10,18H,1-3H3/t18-/m1/s1. The number of hydrogen-bond donors (Lipinski definition) is 0. The Balaban J connectivity index is 1.78. The first-order valence-corrected chi connectivity index (χ1v) is 10.8. The van der Waals surface area contributed by atoms with Gasteiger partial charge in [-0.15, -0.1) is 0 Å². The lowest BCUT2D eigenvalue weighted by atomic mass is 9.98. The van der Waals surface area contributed by atoms with Gasteiger partial charge in [-0.3, -0.25) is 14.5 Å². The third-order valence-electron chi connectivity index (χ3n) is 5.59. The number of aromatic nitrogens is 1. The highest BCUT2D eigenvalue weighted by atomic mass is 32.1. The number of ether oxygens (including phenoxy) is 1. The predicted octanol–water partition coefficient (Wildman–Crippen LogP) is 4.54. The van der Waals surface area contributed by atoms with Gasteiger partial charge < -0.3 is 9.15 Å². The van der Waals surface area contributed by atoms with Crippen LogP contribution in [0.3, 0.4) is 0 Å². The topological polar surface area (TPSA) is 89.7 Å². The molecule has 1 aliphatic rings. The molecule has 2 aromatic heterocycles. The fourth-order valence-electron chi connectivity index (χ4n) is 3.97. The number of nitrogens with zero attached hydrogens (tertiary/aromatic N) is 2. The zero-order valence-corrected chi connectivity index (χ0v) is 18.7. The number of anilines is 1. The molecular weight excluding hydrogens is 447 g/mol. The molecule has 0 saturated heterocycles. The van der Waals surface area contributed by atoms with Crippen molar-refractivity contribution >= 4 is 39.3 Å². The van der Waals surface area contributed by atoms with E-state index in [2.05, 4.69) is 4.98 Å². The van der Waals surface area contributed by atoms with E-state index in [9.17, 15) is 18.8 Å². The van der Waals surface area contributed by atoms with E-state index in [0.29, 0.717) is 11.3 Å². The van der Waals surface area contributed by atoms with Crippen molar-refractivity contribution in [1.29, 1.82) is 0 Å². The molecule has 7 nitrogen and oxygen atoms in total. The highest BCUT2D eigenvalue weighted by Crippen LogP contribution is 2.43. The summed E-state index contributed by atoms with van der Waals surface area (Å²) in [5, 5.41) is 0.274. The first-order valence-electron chi connectivity index (χ1n) is 10.0. The van der Waals surface area contributed by atoms with Crippen molar-refractivity contribution in [2.75, 3.05) is 12.0 Å². The summed E-state index contributed by atoms with van der Waals surface area (Å²) in [6, 6.07) is 10.1. The quantitative estimate of drug-likeness (QED) is 0.414. The first-order chi connectivity index (χ1) is 15.8. The fraction of sp³-hybridized carbons (Fsp3) is 0.167. The van der Waals surface area contributed by atoms with Crippen molar-refractivity contribution < 1.29 is 23.1 Å². The molecule has 1 atom stereocenters. The van der Waals surface area contributed by atoms with Gasteiger partial charge in [0.15, 0.2) is 10.6 Å². The van der Waals surface area contributed by atoms with Crippen LogP contribution in [-0.2, 0) is 4.74 Å². The number of halogens is 1. The molecule has 0 spiro atoms.